The van der Waals surface area contributed by atoms with Crippen molar-refractivity contribution in [2.24, 2.45) is 0 Å². The zero-order valence-electron chi connectivity index (χ0n) is 11.0. The van der Waals surface area contributed by atoms with Crippen molar-refractivity contribution < 1.29 is 14.3 Å². The zero-order valence-corrected chi connectivity index (χ0v) is 12.5. The van der Waals surface area contributed by atoms with E-state index in [1.807, 2.05) is 6.92 Å². The van der Waals surface area contributed by atoms with Crippen LogP contribution in [0.15, 0.2) is 24.3 Å². The summed E-state index contributed by atoms with van der Waals surface area (Å²) in [5.41, 5.74) is 0.674. The molecule has 110 valence electrons. The van der Waals surface area contributed by atoms with E-state index >= 15 is 0 Å². The highest BCUT2D eigenvalue weighted by Crippen LogP contribution is 2.18. The lowest BCUT2D eigenvalue weighted by Gasteiger charge is -2.20. The number of halogens is 2. The Morgan fingerprint density at radius 1 is 1.20 bits per heavy atom. The summed E-state index contributed by atoms with van der Waals surface area (Å²) in [5, 5.41) is 5.20. The van der Waals surface area contributed by atoms with Gasteiger partial charge in [0.05, 0.1) is 6.61 Å². The molecule has 20 heavy (non-hydrogen) atoms. The van der Waals surface area contributed by atoms with Gasteiger partial charge in [0.1, 0.15) is 23.7 Å². The predicted octanol–water partition coefficient (Wildman–Crippen LogP) is 1.79. The van der Waals surface area contributed by atoms with Crippen molar-refractivity contribution >= 4 is 35.0 Å². The SMILES string of the molecule is CCOc1cccc(C(NC(=O)CCl)NC(=O)CCl)c1. The molecule has 1 rings (SSSR count). The van der Waals surface area contributed by atoms with Gasteiger partial charge in [0.25, 0.3) is 0 Å². The van der Waals surface area contributed by atoms with Crippen molar-refractivity contribution in [3.05, 3.63) is 29.8 Å². The highest BCUT2D eigenvalue weighted by atomic mass is 35.5. The van der Waals surface area contributed by atoms with Crippen molar-refractivity contribution in [1.82, 2.24) is 10.6 Å². The van der Waals surface area contributed by atoms with E-state index in [-0.39, 0.29) is 11.8 Å². The Hall–Kier alpha value is -1.46. The summed E-state index contributed by atoms with van der Waals surface area (Å²) in [5.74, 6) is -0.534. The molecule has 0 spiro atoms. The number of amides is 2. The summed E-state index contributed by atoms with van der Waals surface area (Å²) in [6, 6.07) is 7.05. The van der Waals surface area contributed by atoms with Crippen LogP contribution in [-0.4, -0.2) is 30.2 Å². The van der Waals surface area contributed by atoms with Crippen LogP contribution in [0.25, 0.3) is 0 Å². The number of alkyl halides is 2. The van der Waals surface area contributed by atoms with Gasteiger partial charge in [0, 0.05) is 0 Å². The molecular weight excluding hydrogens is 303 g/mol. The fourth-order valence-electron chi connectivity index (χ4n) is 1.55. The number of nitrogens with one attached hydrogen (secondary N) is 2. The minimum absolute atomic E-state index is 0.196. The van der Waals surface area contributed by atoms with Gasteiger partial charge in [-0.05, 0) is 24.6 Å². The maximum Gasteiger partial charge on any atom is 0.236 e. The number of hydrogen-bond acceptors (Lipinski definition) is 3. The third-order valence-electron chi connectivity index (χ3n) is 2.36. The normalized spacial score (nSPS) is 10.2. The van der Waals surface area contributed by atoms with Gasteiger partial charge in [-0.1, -0.05) is 12.1 Å². The largest absolute Gasteiger partial charge is 0.494 e. The third-order valence-corrected chi connectivity index (χ3v) is 2.84. The summed E-state index contributed by atoms with van der Waals surface area (Å²) in [6.45, 7) is 2.39. The second-order valence-corrected chi connectivity index (χ2v) is 4.38. The number of ether oxygens (including phenoxy) is 1. The molecule has 0 saturated heterocycles. The van der Waals surface area contributed by atoms with E-state index in [0.29, 0.717) is 17.9 Å². The Morgan fingerprint density at radius 3 is 2.30 bits per heavy atom. The Balaban J connectivity index is 2.92. The van der Waals surface area contributed by atoms with Crippen LogP contribution in [0.1, 0.15) is 18.7 Å². The van der Waals surface area contributed by atoms with Gasteiger partial charge in [-0.15, -0.1) is 23.2 Å². The highest BCUT2D eigenvalue weighted by molar-refractivity contribution is 6.27. The van der Waals surface area contributed by atoms with Crippen molar-refractivity contribution in [2.45, 2.75) is 13.1 Å². The van der Waals surface area contributed by atoms with Gasteiger partial charge >= 0.3 is 0 Å². The number of hydrogen-bond donors (Lipinski definition) is 2. The summed E-state index contributed by atoms with van der Waals surface area (Å²) in [6.07, 6.45) is -0.701. The van der Waals surface area contributed by atoms with Crippen molar-refractivity contribution in [3.63, 3.8) is 0 Å². The second kappa shape index (κ2) is 8.66. The Labute approximate surface area is 127 Å². The minimum atomic E-state index is -0.701. The molecule has 0 radical (unpaired) electrons. The van der Waals surface area contributed by atoms with Crippen LogP contribution < -0.4 is 15.4 Å². The first-order valence-corrected chi connectivity index (χ1v) is 7.11. The van der Waals surface area contributed by atoms with Crippen LogP contribution in [0.3, 0.4) is 0 Å². The first-order valence-electron chi connectivity index (χ1n) is 6.04. The van der Waals surface area contributed by atoms with Crippen LogP contribution >= 0.6 is 23.2 Å². The van der Waals surface area contributed by atoms with E-state index in [1.165, 1.54) is 0 Å². The van der Waals surface area contributed by atoms with Crippen LogP contribution in [0, 0.1) is 0 Å². The summed E-state index contributed by atoms with van der Waals surface area (Å²) >= 11 is 10.9. The van der Waals surface area contributed by atoms with E-state index in [4.69, 9.17) is 27.9 Å². The molecule has 1 aromatic rings. The molecule has 0 aromatic heterocycles. The molecule has 7 heteroatoms. The zero-order chi connectivity index (χ0) is 15.0. The van der Waals surface area contributed by atoms with Gasteiger partial charge in [-0.2, -0.15) is 0 Å². The fourth-order valence-corrected chi connectivity index (χ4v) is 1.71. The fraction of sp³-hybridized carbons (Fsp3) is 0.385. The second-order valence-electron chi connectivity index (χ2n) is 3.84. The highest BCUT2D eigenvalue weighted by Gasteiger charge is 2.16. The number of benzene rings is 1. The maximum absolute atomic E-state index is 11.4. The molecule has 2 N–H and O–H groups in total. The number of rotatable bonds is 7. The average molecular weight is 319 g/mol. The Kier molecular flexibility index (Phi) is 7.18. The molecule has 0 fully saturated rings. The third kappa shape index (κ3) is 5.27. The molecular formula is C13H16Cl2N2O3. The van der Waals surface area contributed by atoms with Crippen LogP contribution in [-0.2, 0) is 9.59 Å². The maximum atomic E-state index is 11.4. The van der Waals surface area contributed by atoms with Crippen molar-refractivity contribution in [3.8, 4) is 5.75 Å². The monoisotopic (exact) mass is 318 g/mol. The predicted molar refractivity (Wildman–Crippen MR) is 78.1 cm³/mol. The number of carbonyl (C=O) groups is 2. The molecule has 0 bridgehead atoms. The first-order chi connectivity index (χ1) is 9.60. The lowest BCUT2D eigenvalue weighted by molar-refractivity contribution is -0.122. The molecule has 0 saturated carbocycles. The lowest BCUT2D eigenvalue weighted by atomic mass is 10.1. The standard InChI is InChI=1S/C13H16Cl2N2O3/c1-2-20-10-5-3-4-9(6-10)13(16-11(18)7-14)17-12(19)8-15/h3-6,13H,2,7-8H2,1H3,(H,16,18)(H,17,19). The first kappa shape index (κ1) is 16.6. The van der Waals surface area contributed by atoms with Gasteiger partial charge in [0.15, 0.2) is 0 Å². The van der Waals surface area contributed by atoms with Gasteiger partial charge in [-0.3, -0.25) is 9.59 Å². The van der Waals surface area contributed by atoms with Crippen LogP contribution in [0.4, 0.5) is 0 Å². The molecule has 0 aliphatic carbocycles. The van der Waals surface area contributed by atoms with Crippen molar-refractivity contribution in [2.75, 3.05) is 18.4 Å². The van der Waals surface area contributed by atoms with Gasteiger partial charge in [-0.25, -0.2) is 0 Å². The van der Waals surface area contributed by atoms with E-state index in [2.05, 4.69) is 10.6 Å². The summed E-state index contributed by atoms with van der Waals surface area (Å²) in [7, 11) is 0. The van der Waals surface area contributed by atoms with E-state index in [9.17, 15) is 9.59 Å². The van der Waals surface area contributed by atoms with E-state index in [1.54, 1.807) is 24.3 Å². The van der Waals surface area contributed by atoms with Crippen molar-refractivity contribution in [1.29, 1.82) is 0 Å². The Bertz CT molecular complexity index is 451. The molecule has 0 aliphatic rings. The average Bonchev–Trinajstić information content (AvgIpc) is 2.46. The molecule has 0 atom stereocenters. The summed E-state index contributed by atoms with van der Waals surface area (Å²) < 4.78 is 5.38. The van der Waals surface area contributed by atoms with Crippen LogP contribution in [0.2, 0.25) is 0 Å². The number of carbonyl (C=O) groups excluding carboxylic acids is 2. The minimum Gasteiger partial charge on any atom is -0.494 e. The van der Waals surface area contributed by atoms with Gasteiger partial charge < -0.3 is 15.4 Å². The summed E-state index contributed by atoms with van der Waals surface area (Å²) in [4.78, 5) is 22.8. The Morgan fingerprint density at radius 2 is 1.80 bits per heavy atom. The molecule has 0 heterocycles. The van der Waals surface area contributed by atoms with E-state index < -0.39 is 18.0 Å². The van der Waals surface area contributed by atoms with Gasteiger partial charge in [0.2, 0.25) is 11.8 Å². The molecule has 2 amide bonds. The topological polar surface area (TPSA) is 67.4 Å². The van der Waals surface area contributed by atoms with E-state index in [0.717, 1.165) is 0 Å². The van der Waals surface area contributed by atoms with Crippen LogP contribution in [0.5, 0.6) is 5.75 Å². The smallest absolute Gasteiger partial charge is 0.236 e. The molecule has 5 nitrogen and oxygen atoms in total. The lowest BCUT2D eigenvalue weighted by Crippen LogP contribution is -2.42. The molecule has 0 unspecified atom stereocenters. The quantitative estimate of drug-likeness (QED) is 0.595. The molecule has 0 aliphatic heterocycles. The molecule has 1 aromatic carbocycles.